The average molecular weight is 837 g/mol. The molecule has 2 amide bonds. The minimum atomic E-state index is -1.60. The van der Waals surface area contributed by atoms with Crippen LogP contribution in [0.3, 0.4) is 0 Å². The number of carboxylic acids is 1. The van der Waals surface area contributed by atoms with E-state index in [0.29, 0.717) is 29.7 Å². The number of carbonyl (C=O) groups is 5. The summed E-state index contributed by atoms with van der Waals surface area (Å²) in [6, 6.07) is 6.15. The number of aliphatic carboxylic acids is 1. The molecule has 0 bridgehead atoms. The van der Waals surface area contributed by atoms with Gasteiger partial charge >= 0.3 is 11.9 Å². The molecule has 1 unspecified atom stereocenters. The molecule has 59 heavy (non-hydrogen) atoms. The van der Waals surface area contributed by atoms with Gasteiger partial charge in [0.15, 0.2) is 5.78 Å². The first-order chi connectivity index (χ1) is 27.9. The van der Waals surface area contributed by atoms with Crippen LogP contribution in [-0.2, 0) is 23.9 Å². The molecule has 1 aromatic carbocycles. The highest BCUT2D eigenvalue weighted by atomic mass is 35.5. The fourth-order valence-electron chi connectivity index (χ4n) is 14.5. The monoisotopic (exact) mass is 835 g/mol. The number of aliphatic hydroxyl groups is 1. The fraction of sp³-hybridized carbons (Fsp3) is 0.729. The number of ketones is 1. The van der Waals surface area contributed by atoms with E-state index in [-0.39, 0.29) is 69.9 Å². The predicted molar refractivity (Wildman–Crippen MR) is 225 cm³/mol. The third-order valence-electron chi connectivity index (χ3n) is 18.1. The van der Waals surface area contributed by atoms with E-state index in [1.165, 1.54) is 12.1 Å². The molecule has 0 heterocycles. The van der Waals surface area contributed by atoms with Crippen LogP contribution < -0.4 is 10.6 Å². The Labute approximate surface area is 356 Å². The first kappa shape index (κ1) is 42.5. The minimum absolute atomic E-state index is 0.00755. The summed E-state index contributed by atoms with van der Waals surface area (Å²) in [7, 11) is 0. The zero-order valence-electron chi connectivity index (χ0n) is 37.5. The molecule has 0 aliphatic heterocycles. The SMILES string of the molecule is [2H]C(NC(=O)c1ccc(Cl)cc1)C(=O)NC[C@H](O)[C@@]12CC[C@]3(C)[C@H](CC[C@@H]4[C@@]5(C)CC[C@H](OC(=O)[C@H]6C[C@@H](C(=O)O)C6(C)C)C(C)(C)[C@@H]5CC[C@]43C)C1=C(C(C)C)C(=O)C2. The lowest BCUT2D eigenvalue weighted by molar-refractivity contribution is -0.238. The van der Waals surface area contributed by atoms with E-state index in [2.05, 4.69) is 59.1 Å². The third-order valence-corrected chi connectivity index (χ3v) is 18.3. The number of fused-ring (bicyclic) bond motifs is 7. The highest BCUT2D eigenvalue weighted by Crippen LogP contribution is 2.77. The normalized spacial score (nSPS) is 39.3. The van der Waals surface area contributed by atoms with Gasteiger partial charge in [-0.15, -0.1) is 0 Å². The van der Waals surface area contributed by atoms with Crippen molar-refractivity contribution in [2.24, 2.45) is 68.0 Å². The second-order valence-electron chi connectivity index (χ2n) is 21.5. The van der Waals surface area contributed by atoms with Crippen molar-refractivity contribution in [3.63, 3.8) is 0 Å². The molecule has 10 nitrogen and oxygen atoms in total. The lowest BCUT2D eigenvalue weighted by Crippen LogP contribution is -2.66. The highest BCUT2D eigenvalue weighted by molar-refractivity contribution is 6.30. The van der Waals surface area contributed by atoms with Gasteiger partial charge in [-0.2, -0.15) is 0 Å². The number of ether oxygens (including phenoxy) is 1. The molecule has 5 saturated carbocycles. The van der Waals surface area contributed by atoms with Crippen LogP contribution >= 0.6 is 11.6 Å². The molecular weight excluding hydrogens is 768 g/mol. The Kier molecular flexibility index (Phi) is 10.8. The summed E-state index contributed by atoms with van der Waals surface area (Å²) in [6.45, 7) is 18.1. The number of amides is 2. The van der Waals surface area contributed by atoms with E-state index in [1.807, 2.05) is 13.8 Å². The van der Waals surface area contributed by atoms with Gasteiger partial charge in [0.05, 0.1) is 25.8 Å². The van der Waals surface area contributed by atoms with Gasteiger partial charge in [-0.25, -0.2) is 0 Å². The number of carbonyl (C=O) groups excluding carboxylic acids is 4. The van der Waals surface area contributed by atoms with Gasteiger partial charge in [0.25, 0.3) is 5.91 Å². The van der Waals surface area contributed by atoms with Crippen molar-refractivity contribution in [1.29, 1.82) is 0 Å². The van der Waals surface area contributed by atoms with Crippen molar-refractivity contribution in [2.75, 3.05) is 13.1 Å². The fourth-order valence-corrected chi connectivity index (χ4v) is 14.6. The summed E-state index contributed by atoms with van der Waals surface area (Å²) in [5.74, 6) is -2.57. The minimum Gasteiger partial charge on any atom is -0.481 e. The maximum atomic E-state index is 14.1. The second-order valence-corrected chi connectivity index (χ2v) is 22.0. The number of hydrogen-bond donors (Lipinski definition) is 4. The van der Waals surface area contributed by atoms with E-state index in [0.717, 1.165) is 56.1 Å². The van der Waals surface area contributed by atoms with Crippen LogP contribution in [0.25, 0.3) is 0 Å². The van der Waals surface area contributed by atoms with Gasteiger partial charge in [0.1, 0.15) is 6.10 Å². The maximum absolute atomic E-state index is 14.1. The van der Waals surface area contributed by atoms with E-state index in [1.54, 1.807) is 12.1 Å². The Bertz CT molecular complexity index is 1980. The summed E-state index contributed by atoms with van der Waals surface area (Å²) in [6.07, 6.45) is 6.21. The van der Waals surface area contributed by atoms with E-state index in [4.69, 9.17) is 17.7 Å². The quantitative estimate of drug-likeness (QED) is 0.172. The molecule has 0 saturated heterocycles. The molecule has 12 atom stereocenters. The van der Waals surface area contributed by atoms with E-state index < -0.39 is 53.1 Å². The standard InChI is InChI=1S/C48H67ClN2O8/c1-26(2)38-32(52)23-48(35(53)24-50-37(54)25-51-40(55)27-10-12-28(49)13-11-27)21-20-46(8)29(39(38)48)14-15-34-45(7)18-17-36(44(5,6)33(45)16-19-47(34,46)9)59-42(58)31-22-30(41(56)57)43(31,3)4/h10-13,26,29-31,33-36,53H,14-25H2,1-9H3,(H,50,54)(H,51,55)(H,56,57)/t29-,30+,31-,33+,34-,35+,36+,45+,46-,47-,48+/m1/s1/i25D/t25?,29-,30+,31-,33+,34-,35+,36+,45+,46-,47-,48+. The van der Waals surface area contributed by atoms with Crippen LogP contribution in [0.5, 0.6) is 0 Å². The lowest BCUT2D eigenvalue weighted by atomic mass is 9.33. The molecule has 0 radical (unpaired) electrons. The van der Waals surface area contributed by atoms with Crippen LogP contribution in [0.2, 0.25) is 5.02 Å². The second kappa shape index (κ2) is 15.0. The summed E-state index contributed by atoms with van der Waals surface area (Å²) in [4.78, 5) is 65.4. The Morgan fingerprint density at radius 3 is 2.17 bits per heavy atom. The summed E-state index contributed by atoms with van der Waals surface area (Å²) < 4.78 is 14.8. The number of hydrogen-bond acceptors (Lipinski definition) is 7. The van der Waals surface area contributed by atoms with Gasteiger partial charge in [0.2, 0.25) is 5.91 Å². The summed E-state index contributed by atoms with van der Waals surface area (Å²) >= 11 is 5.94. The van der Waals surface area contributed by atoms with Gasteiger partial charge in [-0.1, -0.05) is 79.5 Å². The van der Waals surface area contributed by atoms with Crippen molar-refractivity contribution in [2.45, 2.75) is 139 Å². The topological polar surface area (TPSA) is 159 Å². The Morgan fingerprint density at radius 1 is 0.864 bits per heavy atom. The Morgan fingerprint density at radius 2 is 1.54 bits per heavy atom. The van der Waals surface area contributed by atoms with Crippen molar-refractivity contribution in [3.8, 4) is 0 Å². The van der Waals surface area contributed by atoms with Crippen molar-refractivity contribution in [3.05, 3.63) is 46.0 Å². The number of benzene rings is 1. The van der Waals surface area contributed by atoms with Crippen LogP contribution in [-0.4, -0.2) is 65.0 Å². The molecule has 0 spiro atoms. The molecule has 5 fully saturated rings. The van der Waals surface area contributed by atoms with E-state index in [9.17, 15) is 34.2 Å². The predicted octanol–water partition coefficient (Wildman–Crippen LogP) is 8.19. The molecule has 0 aromatic heterocycles. The number of aliphatic hydroxyl groups excluding tert-OH is 1. The van der Waals surface area contributed by atoms with Crippen molar-refractivity contribution < 1.29 is 40.3 Å². The summed E-state index contributed by atoms with van der Waals surface area (Å²) in [5.41, 5.74) is 0.217. The van der Waals surface area contributed by atoms with Crippen LogP contribution in [0.4, 0.5) is 0 Å². The van der Waals surface area contributed by atoms with E-state index >= 15 is 0 Å². The molecule has 1 aromatic rings. The number of carboxylic acid groups (broad SMARTS) is 1. The van der Waals surface area contributed by atoms with Crippen LogP contribution in [0.1, 0.15) is 138 Å². The molecule has 6 aliphatic rings. The number of Topliss-reactive ketones (excluding diaryl/α,β-unsaturated/α-hetero) is 1. The number of halogens is 1. The zero-order chi connectivity index (χ0) is 44.1. The lowest BCUT2D eigenvalue weighted by Gasteiger charge is -2.72. The Balaban J connectivity index is 1.09. The average Bonchev–Trinajstić information content (AvgIpc) is 3.48. The van der Waals surface area contributed by atoms with Gasteiger partial charge < -0.3 is 25.6 Å². The number of esters is 1. The van der Waals surface area contributed by atoms with Gasteiger partial charge in [0, 0.05) is 34.4 Å². The van der Waals surface area contributed by atoms with Crippen molar-refractivity contribution >= 4 is 41.1 Å². The largest absolute Gasteiger partial charge is 0.481 e. The highest BCUT2D eigenvalue weighted by Gasteiger charge is 2.71. The van der Waals surface area contributed by atoms with Gasteiger partial charge in [-0.3, -0.25) is 24.0 Å². The number of nitrogens with one attached hydrogen (secondary N) is 2. The smallest absolute Gasteiger partial charge is 0.309 e. The summed E-state index contributed by atoms with van der Waals surface area (Å²) in [5, 5.41) is 27.4. The van der Waals surface area contributed by atoms with Gasteiger partial charge in [-0.05, 0) is 133 Å². The molecular formula is C48H67ClN2O8. The van der Waals surface area contributed by atoms with Crippen LogP contribution in [0, 0.1) is 68.0 Å². The first-order valence-corrected chi connectivity index (χ1v) is 22.4. The molecule has 324 valence electrons. The zero-order valence-corrected chi connectivity index (χ0v) is 37.3. The molecule has 6 aliphatic carbocycles. The first-order valence-electron chi connectivity index (χ1n) is 22.6. The Hall–Kier alpha value is -3.24. The third kappa shape index (κ3) is 6.71. The molecule has 4 N–H and O–H groups in total. The maximum Gasteiger partial charge on any atom is 0.309 e. The molecule has 11 heteroatoms. The molecule has 7 rings (SSSR count). The number of allylic oxidation sites excluding steroid dienone is 1. The number of rotatable bonds is 10. The van der Waals surface area contributed by atoms with Crippen molar-refractivity contribution in [1.82, 2.24) is 10.6 Å². The van der Waals surface area contributed by atoms with Crippen LogP contribution in [0.15, 0.2) is 35.4 Å².